The van der Waals surface area contributed by atoms with Gasteiger partial charge in [-0.15, -0.1) is 0 Å². The predicted molar refractivity (Wildman–Crippen MR) is 145 cm³/mol. The van der Waals surface area contributed by atoms with Crippen molar-refractivity contribution in [2.45, 2.75) is 30.3 Å². The van der Waals surface area contributed by atoms with Crippen molar-refractivity contribution in [1.82, 2.24) is 4.90 Å². The minimum atomic E-state index is -4.02. The number of rotatable bonds is 8. The standard InChI is InChI=1S/C27H28FN3O7S2/c1-38-27(33)25-17-5-6-18(11-17)26(25)31(14-16-3-7-19(28)8-4-16)24(32)13-21-15-40(36,37)23-12-20(30-39(2,34)35)9-10-22(23)29-21/h3-10,12,15,17-18,25-26,29-30H,11,13-14H2,1-2H3. The summed E-state index contributed by atoms with van der Waals surface area (Å²) < 4.78 is 70.2. The molecule has 2 aromatic rings. The van der Waals surface area contributed by atoms with E-state index >= 15 is 0 Å². The highest BCUT2D eigenvalue weighted by atomic mass is 32.2. The van der Waals surface area contributed by atoms with Gasteiger partial charge in [-0.25, -0.2) is 21.2 Å². The fourth-order valence-electron chi connectivity index (χ4n) is 5.76. The van der Waals surface area contributed by atoms with Gasteiger partial charge in [0.15, 0.2) is 0 Å². The Labute approximate surface area is 231 Å². The fourth-order valence-corrected chi connectivity index (χ4v) is 7.68. The molecule has 1 aliphatic heterocycles. The zero-order valence-electron chi connectivity index (χ0n) is 21.7. The van der Waals surface area contributed by atoms with Crippen molar-refractivity contribution in [3.05, 3.63) is 77.1 Å². The number of fused-ring (bicyclic) bond motifs is 3. The Morgan fingerprint density at radius 1 is 1.12 bits per heavy atom. The van der Waals surface area contributed by atoms with Crippen LogP contribution in [0.4, 0.5) is 15.8 Å². The largest absolute Gasteiger partial charge is 0.469 e. The Hall–Kier alpha value is -3.71. The number of sulfonamides is 1. The summed E-state index contributed by atoms with van der Waals surface area (Å²) in [7, 11) is -6.33. The van der Waals surface area contributed by atoms with E-state index in [1.54, 1.807) is 17.0 Å². The van der Waals surface area contributed by atoms with E-state index in [2.05, 4.69) is 10.0 Å². The van der Waals surface area contributed by atoms with E-state index in [0.29, 0.717) is 12.0 Å². The first-order chi connectivity index (χ1) is 18.8. The van der Waals surface area contributed by atoms with Gasteiger partial charge in [-0.1, -0.05) is 24.3 Å². The number of ether oxygens (including phenoxy) is 1. The third kappa shape index (κ3) is 5.61. The van der Waals surface area contributed by atoms with Crippen LogP contribution in [0.2, 0.25) is 0 Å². The van der Waals surface area contributed by atoms with Gasteiger partial charge >= 0.3 is 5.97 Å². The molecule has 4 atom stereocenters. The lowest BCUT2D eigenvalue weighted by atomic mass is 9.87. The average Bonchev–Trinajstić information content (AvgIpc) is 3.49. The SMILES string of the molecule is COC(=O)C1C2C=CC(C2)C1N(Cc1ccc(F)cc1)C(=O)CC1=CS(=O)(=O)c2cc(NS(C)(=O)=O)ccc2N1. The molecule has 212 valence electrons. The lowest BCUT2D eigenvalue weighted by Gasteiger charge is -2.37. The summed E-state index contributed by atoms with van der Waals surface area (Å²) in [6, 6.07) is 9.23. The van der Waals surface area contributed by atoms with Gasteiger partial charge in [-0.05, 0) is 54.2 Å². The Morgan fingerprint density at radius 2 is 1.82 bits per heavy atom. The number of hydrogen-bond donors (Lipinski definition) is 2. The van der Waals surface area contributed by atoms with Crippen LogP contribution in [0.25, 0.3) is 0 Å². The molecule has 4 unspecified atom stereocenters. The van der Waals surface area contributed by atoms with Crippen LogP contribution >= 0.6 is 0 Å². The summed E-state index contributed by atoms with van der Waals surface area (Å²) in [5.41, 5.74) is 1.06. The van der Waals surface area contributed by atoms with Crippen LogP contribution in [-0.4, -0.2) is 53.0 Å². The average molecular weight is 590 g/mol. The van der Waals surface area contributed by atoms with Crippen LogP contribution in [0, 0.1) is 23.6 Å². The summed E-state index contributed by atoms with van der Waals surface area (Å²) in [5, 5.41) is 3.92. The van der Waals surface area contributed by atoms with Crippen LogP contribution in [0.1, 0.15) is 18.4 Å². The molecule has 3 aliphatic rings. The molecule has 0 radical (unpaired) electrons. The summed E-state index contributed by atoms with van der Waals surface area (Å²) in [6.07, 6.45) is 5.28. The van der Waals surface area contributed by atoms with Crippen molar-refractivity contribution in [2.24, 2.45) is 17.8 Å². The predicted octanol–water partition coefficient (Wildman–Crippen LogP) is 3.02. The monoisotopic (exact) mass is 589 g/mol. The van der Waals surface area contributed by atoms with Crippen molar-refractivity contribution in [3.63, 3.8) is 0 Å². The zero-order chi connectivity index (χ0) is 28.8. The number of allylic oxidation sites excluding steroid dienone is 1. The lowest BCUT2D eigenvalue weighted by Crippen LogP contribution is -2.49. The maximum absolute atomic E-state index is 13.9. The molecule has 0 spiro atoms. The molecular formula is C27H28FN3O7S2. The highest BCUT2D eigenvalue weighted by molar-refractivity contribution is 7.94. The van der Waals surface area contributed by atoms with E-state index < -0.39 is 49.5 Å². The number of anilines is 2. The number of hydrogen-bond acceptors (Lipinski definition) is 8. The second-order valence-corrected chi connectivity index (χ2v) is 13.7. The van der Waals surface area contributed by atoms with Crippen molar-refractivity contribution < 1.29 is 35.6 Å². The smallest absolute Gasteiger partial charge is 0.311 e. The molecule has 5 rings (SSSR count). The quantitative estimate of drug-likeness (QED) is 0.354. The van der Waals surface area contributed by atoms with Gasteiger partial charge in [0.1, 0.15) is 5.82 Å². The number of sulfone groups is 1. The van der Waals surface area contributed by atoms with Crippen LogP contribution in [0.5, 0.6) is 0 Å². The fraction of sp³-hybridized carbons (Fsp3) is 0.333. The van der Waals surface area contributed by atoms with Crippen LogP contribution < -0.4 is 10.0 Å². The zero-order valence-corrected chi connectivity index (χ0v) is 23.3. The van der Waals surface area contributed by atoms with Gasteiger partial charge in [0, 0.05) is 17.9 Å². The number of benzene rings is 2. The van der Waals surface area contributed by atoms with E-state index in [-0.39, 0.29) is 46.8 Å². The third-order valence-electron chi connectivity index (χ3n) is 7.36. The van der Waals surface area contributed by atoms with Crippen molar-refractivity contribution in [1.29, 1.82) is 0 Å². The Bertz CT molecular complexity index is 1640. The van der Waals surface area contributed by atoms with Crippen LogP contribution in [0.15, 0.2) is 70.6 Å². The first-order valence-corrected chi connectivity index (χ1v) is 15.9. The Morgan fingerprint density at radius 3 is 2.50 bits per heavy atom. The molecule has 2 bridgehead atoms. The van der Waals surface area contributed by atoms with E-state index in [1.165, 1.54) is 37.4 Å². The van der Waals surface area contributed by atoms with Gasteiger partial charge in [-0.2, -0.15) is 0 Å². The Kier molecular flexibility index (Phi) is 7.21. The lowest BCUT2D eigenvalue weighted by molar-refractivity contribution is -0.150. The molecule has 1 heterocycles. The second kappa shape index (κ2) is 10.4. The van der Waals surface area contributed by atoms with Crippen LogP contribution in [0.3, 0.4) is 0 Å². The molecule has 1 fully saturated rings. The minimum Gasteiger partial charge on any atom is -0.469 e. The normalized spacial score (nSPS) is 24.0. The van der Waals surface area contributed by atoms with Gasteiger partial charge < -0.3 is 15.0 Å². The number of esters is 1. The van der Waals surface area contributed by atoms with Crippen molar-refractivity contribution >= 4 is 43.1 Å². The number of nitrogens with one attached hydrogen (secondary N) is 2. The van der Waals surface area contributed by atoms with Gasteiger partial charge in [0.2, 0.25) is 25.8 Å². The maximum Gasteiger partial charge on any atom is 0.311 e. The number of nitrogens with zero attached hydrogens (tertiary/aromatic N) is 1. The molecule has 0 saturated heterocycles. The summed E-state index contributed by atoms with van der Waals surface area (Å²) in [5.74, 6) is -2.02. The molecule has 40 heavy (non-hydrogen) atoms. The Balaban J connectivity index is 1.44. The minimum absolute atomic E-state index is 0.0833. The van der Waals surface area contributed by atoms with Gasteiger partial charge in [-0.3, -0.25) is 14.3 Å². The van der Waals surface area contributed by atoms with Crippen LogP contribution in [-0.2, 0) is 40.7 Å². The maximum atomic E-state index is 13.9. The topological polar surface area (TPSA) is 139 Å². The van der Waals surface area contributed by atoms with E-state index in [0.717, 1.165) is 11.7 Å². The summed E-state index contributed by atoms with van der Waals surface area (Å²) in [6.45, 7) is 0.0888. The number of carbonyl (C=O) groups is 2. The number of halogens is 1. The highest BCUT2D eigenvalue weighted by Crippen LogP contribution is 2.47. The first kappa shape index (κ1) is 27.8. The van der Waals surface area contributed by atoms with Gasteiger partial charge in [0.25, 0.3) is 0 Å². The molecule has 1 saturated carbocycles. The second-order valence-electron chi connectivity index (χ2n) is 10.2. The molecule has 2 aliphatic carbocycles. The molecule has 13 heteroatoms. The molecule has 1 amide bonds. The van der Waals surface area contributed by atoms with Gasteiger partial charge in [0.05, 0.1) is 47.7 Å². The number of amides is 1. The third-order valence-corrected chi connectivity index (χ3v) is 9.52. The molecule has 0 aromatic heterocycles. The van der Waals surface area contributed by atoms with E-state index in [1.807, 2.05) is 12.2 Å². The van der Waals surface area contributed by atoms with E-state index in [9.17, 15) is 30.8 Å². The van der Waals surface area contributed by atoms with E-state index in [4.69, 9.17) is 4.74 Å². The molecule has 2 N–H and O–H groups in total. The van der Waals surface area contributed by atoms with Crippen molar-refractivity contribution in [3.8, 4) is 0 Å². The molecule has 2 aromatic carbocycles. The first-order valence-electron chi connectivity index (χ1n) is 12.5. The summed E-state index contributed by atoms with van der Waals surface area (Å²) in [4.78, 5) is 28.1. The molecule has 10 nitrogen and oxygen atoms in total. The number of carbonyl (C=O) groups excluding carboxylic acids is 2. The van der Waals surface area contributed by atoms with Crippen molar-refractivity contribution in [2.75, 3.05) is 23.4 Å². The number of methoxy groups -OCH3 is 1. The molecular weight excluding hydrogens is 561 g/mol. The highest BCUT2D eigenvalue weighted by Gasteiger charge is 2.52. The summed E-state index contributed by atoms with van der Waals surface area (Å²) >= 11 is 0.